The van der Waals surface area contributed by atoms with Crippen molar-refractivity contribution < 1.29 is 4.79 Å². The number of nitrogens with zero attached hydrogens (tertiary/aromatic N) is 1. The Hall–Kier alpha value is -2.33. The Morgan fingerprint density at radius 3 is 2.44 bits per heavy atom. The maximum Gasteiger partial charge on any atom is 0.251 e. The fourth-order valence-corrected chi connectivity index (χ4v) is 3.35. The third kappa shape index (κ3) is 5.33. The molecule has 3 rings (SSSR count). The van der Waals surface area contributed by atoms with Crippen LogP contribution in [0, 0.1) is 0 Å². The molecule has 2 aromatic rings. The molecule has 0 aliphatic carbocycles. The van der Waals surface area contributed by atoms with Crippen LogP contribution in [0.5, 0.6) is 0 Å². The maximum absolute atomic E-state index is 12.2. The number of hydrogen-bond acceptors (Lipinski definition) is 3. The molecule has 1 saturated heterocycles. The largest absolute Gasteiger partial charge is 0.399 e. The SMILES string of the molecule is Nc1cccc(C(=O)NCc2cccc(CN3CCCCCC3)c2)c1. The second-order valence-electron chi connectivity index (χ2n) is 6.82. The predicted octanol–water partition coefficient (Wildman–Crippen LogP) is 3.57. The van der Waals surface area contributed by atoms with Crippen LogP contribution in [0.3, 0.4) is 0 Å². The minimum absolute atomic E-state index is 0.0924. The van der Waals surface area contributed by atoms with E-state index in [2.05, 4.69) is 34.5 Å². The molecule has 1 amide bonds. The molecule has 4 nitrogen and oxygen atoms in total. The second kappa shape index (κ2) is 8.67. The molecule has 0 bridgehead atoms. The van der Waals surface area contributed by atoms with Crippen molar-refractivity contribution in [1.82, 2.24) is 10.2 Å². The van der Waals surface area contributed by atoms with Gasteiger partial charge in [-0.15, -0.1) is 0 Å². The fourth-order valence-electron chi connectivity index (χ4n) is 3.35. The zero-order valence-corrected chi connectivity index (χ0v) is 14.7. The van der Waals surface area contributed by atoms with Gasteiger partial charge >= 0.3 is 0 Å². The normalized spacial score (nSPS) is 15.5. The highest BCUT2D eigenvalue weighted by Gasteiger charge is 2.10. The van der Waals surface area contributed by atoms with Crippen LogP contribution in [0.25, 0.3) is 0 Å². The third-order valence-electron chi connectivity index (χ3n) is 4.70. The Balaban J connectivity index is 1.57. The number of benzene rings is 2. The first kappa shape index (κ1) is 17.5. The molecule has 1 aliphatic heterocycles. The van der Waals surface area contributed by atoms with Gasteiger partial charge in [0.1, 0.15) is 0 Å². The van der Waals surface area contributed by atoms with E-state index in [0.29, 0.717) is 17.8 Å². The number of anilines is 1. The average Bonchev–Trinajstić information content (AvgIpc) is 2.89. The van der Waals surface area contributed by atoms with Gasteiger partial charge in [-0.25, -0.2) is 0 Å². The lowest BCUT2D eigenvalue weighted by molar-refractivity contribution is 0.0951. The summed E-state index contributed by atoms with van der Waals surface area (Å²) in [4.78, 5) is 14.8. The van der Waals surface area contributed by atoms with E-state index in [1.165, 1.54) is 44.3 Å². The van der Waals surface area contributed by atoms with Gasteiger partial charge in [0.05, 0.1) is 0 Å². The van der Waals surface area contributed by atoms with E-state index in [1.807, 2.05) is 0 Å². The van der Waals surface area contributed by atoms with E-state index in [-0.39, 0.29) is 5.91 Å². The van der Waals surface area contributed by atoms with Crippen LogP contribution in [-0.4, -0.2) is 23.9 Å². The Labute approximate surface area is 150 Å². The van der Waals surface area contributed by atoms with Gasteiger partial charge < -0.3 is 11.1 Å². The molecule has 0 atom stereocenters. The number of likely N-dealkylation sites (tertiary alicyclic amines) is 1. The summed E-state index contributed by atoms with van der Waals surface area (Å²) in [5, 5.41) is 2.98. The first-order valence-electron chi connectivity index (χ1n) is 9.14. The van der Waals surface area contributed by atoms with Gasteiger partial charge in [0.15, 0.2) is 0 Å². The molecule has 0 unspecified atom stereocenters. The molecular formula is C21H27N3O. The van der Waals surface area contributed by atoms with Gasteiger partial charge in [0.2, 0.25) is 0 Å². The van der Waals surface area contributed by atoms with Crippen LogP contribution < -0.4 is 11.1 Å². The first-order chi connectivity index (χ1) is 12.2. The van der Waals surface area contributed by atoms with Crippen LogP contribution in [0.4, 0.5) is 5.69 Å². The van der Waals surface area contributed by atoms with Crippen molar-refractivity contribution in [1.29, 1.82) is 0 Å². The highest BCUT2D eigenvalue weighted by atomic mass is 16.1. The van der Waals surface area contributed by atoms with E-state index in [0.717, 1.165) is 12.1 Å². The zero-order valence-electron chi connectivity index (χ0n) is 14.7. The fraction of sp³-hybridized carbons (Fsp3) is 0.381. The van der Waals surface area contributed by atoms with Crippen molar-refractivity contribution in [3.63, 3.8) is 0 Å². The lowest BCUT2D eigenvalue weighted by Crippen LogP contribution is -2.24. The Morgan fingerprint density at radius 2 is 1.68 bits per heavy atom. The van der Waals surface area contributed by atoms with Crippen molar-refractivity contribution in [3.8, 4) is 0 Å². The molecule has 0 spiro atoms. The monoisotopic (exact) mass is 337 g/mol. The lowest BCUT2D eigenvalue weighted by atomic mass is 10.1. The molecule has 132 valence electrons. The molecule has 25 heavy (non-hydrogen) atoms. The quantitative estimate of drug-likeness (QED) is 0.820. The Bertz CT molecular complexity index is 706. The van der Waals surface area contributed by atoms with Gasteiger partial charge in [-0.05, 0) is 55.3 Å². The van der Waals surface area contributed by atoms with Crippen molar-refractivity contribution in [2.24, 2.45) is 0 Å². The number of nitrogens with one attached hydrogen (secondary N) is 1. The number of carbonyl (C=O) groups excluding carboxylic acids is 1. The smallest absolute Gasteiger partial charge is 0.251 e. The highest BCUT2D eigenvalue weighted by molar-refractivity contribution is 5.94. The molecule has 1 heterocycles. The standard InChI is InChI=1S/C21H27N3O/c22-20-10-6-9-19(14-20)21(25)23-15-17-7-5-8-18(13-17)16-24-11-3-1-2-4-12-24/h5-10,13-14H,1-4,11-12,15-16,22H2,(H,23,25). The summed E-state index contributed by atoms with van der Waals surface area (Å²) in [5.74, 6) is -0.0924. The number of hydrogen-bond donors (Lipinski definition) is 2. The van der Waals surface area contributed by atoms with E-state index in [9.17, 15) is 4.79 Å². The van der Waals surface area contributed by atoms with Crippen molar-refractivity contribution in [3.05, 3.63) is 65.2 Å². The third-order valence-corrected chi connectivity index (χ3v) is 4.70. The van der Waals surface area contributed by atoms with Gasteiger partial charge in [-0.1, -0.05) is 43.2 Å². The number of carbonyl (C=O) groups is 1. The van der Waals surface area contributed by atoms with Crippen LogP contribution in [-0.2, 0) is 13.1 Å². The molecule has 0 radical (unpaired) electrons. The first-order valence-corrected chi connectivity index (χ1v) is 9.14. The van der Waals surface area contributed by atoms with Crippen LogP contribution in [0.1, 0.15) is 47.2 Å². The predicted molar refractivity (Wildman–Crippen MR) is 102 cm³/mol. The number of nitrogen functional groups attached to an aromatic ring is 1. The Morgan fingerprint density at radius 1 is 0.960 bits per heavy atom. The molecule has 2 aromatic carbocycles. The summed E-state index contributed by atoms with van der Waals surface area (Å²) < 4.78 is 0. The molecule has 3 N–H and O–H groups in total. The zero-order chi connectivity index (χ0) is 17.5. The summed E-state index contributed by atoms with van der Waals surface area (Å²) in [7, 11) is 0. The summed E-state index contributed by atoms with van der Waals surface area (Å²) in [5.41, 5.74) is 9.39. The molecule has 0 saturated carbocycles. The lowest BCUT2D eigenvalue weighted by Gasteiger charge is -2.20. The van der Waals surface area contributed by atoms with E-state index in [4.69, 9.17) is 5.73 Å². The summed E-state index contributed by atoms with van der Waals surface area (Å²) >= 11 is 0. The summed E-state index contributed by atoms with van der Waals surface area (Å²) in [6.07, 6.45) is 5.31. The van der Waals surface area contributed by atoms with Gasteiger partial charge in [-0.3, -0.25) is 9.69 Å². The minimum Gasteiger partial charge on any atom is -0.399 e. The molecule has 4 heteroatoms. The maximum atomic E-state index is 12.2. The van der Waals surface area contributed by atoms with E-state index >= 15 is 0 Å². The highest BCUT2D eigenvalue weighted by Crippen LogP contribution is 2.14. The van der Waals surface area contributed by atoms with E-state index in [1.54, 1.807) is 24.3 Å². The topological polar surface area (TPSA) is 58.4 Å². The number of rotatable bonds is 5. The molecule has 1 fully saturated rings. The van der Waals surface area contributed by atoms with Crippen LogP contribution in [0.2, 0.25) is 0 Å². The summed E-state index contributed by atoms with van der Waals surface area (Å²) in [6, 6.07) is 15.6. The van der Waals surface area contributed by atoms with Crippen molar-refractivity contribution in [2.45, 2.75) is 38.8 Å². The number of amides is 1. The summed E-state index contributed by atoms with van der Waals surface area (Å²) in [6.45, 7) is 3.91. The van der Waals surface area contributed by atoms with Gasteiger partial charge in [-0.2, -0.15) is 0 Å². The molecule has 1 aliphatic rings. The number of nitrogens with two attached hydrogens (primary N) is 1. The van der Waals surface area contributed by atoms with Crippen LogP contribution in [0.15, 0.2) is 48.5 Å². The second-order valence-corrected chi connectivity index (χ2v) is 6.82. The average molecular weight is 337 g/mol. The molecular weight excluding hydrogens is 310 g/mol. The van der Waals surface area contributed by atoms with Gasteiger partial charge in [0.25, 0.3) is 5.91 Å². The van der Waals surface area contributed by atoms with Crippen LogP contribution >= 0.6 is 0 Å². The van der Waals surface area contributed by atoms with Crippen molar-refractivity contribution in [2.75, 3.05) is 18.8 Å². The minimum atomic E-state index is -0.0924. The van der Waals surface area contributed by atoms with Crippen molar-refractivity contribution >= 4 is 11.6 Å². The molecule has 0 aromatic heterocycles. The van der Waals surface area contributed by atoms with Gasteiger partial charge in [0, 0.05) is 24.3 Å². The van der Waals surface area contributed by atoms with E-state index < -0.39 is 0 Å². The Kier molecular flexibility index (Phi) is 6.07.